The molecule has 0 unspecified atom stereocenters. The molecule has 0 radical (unpaired) electrons. The summed E-state index contributed by atoms with van der Waals surface area (Å²) in [5, 5.41) is 6.30. The zero-order valence-corrected chi connectivity index (χ0v) is 13.8. The van der Waals surface area contributed by atoms with Gasteiger partial charge in [0.1, 0.15) is 17.8 Å². The molecule has 120 valence electrons. The van der Waals surface area contributed by atoms with Crippen LogP contribution < -0.4 is 10.6 Å². The Hall–Kier alpha value is -2.43. The fourth-order valence-electron chi connectivity index (χ4n) is 2.52. The van der Waals surface area contributed by atoms with Crippen LogP contribution >= 0.6 is 0 Å². The Balaban J connectivity index is 1.82. The quantitative estimate of drug-likeness (QED) is 0.883. The van der Waals surface area contributed by atoms with Crippen LogP contribution in [0, 0.1) is 6.92 Å². The standard InChI is InChI=1S/C18H22N4O/c1-11(2)14-6-4-5-12(3)17(14)22-18(23)15-9-16(20-10-19-15)21-13-7-8-13/h4-6,9-11,13H,7-8H2,1-3H3,(H,22,23)(H,19,20,21). The molecule has 23 heavy (non-hydrogen) atoms. The lowest BCUT2D eigenvalue weighted by Crippen LogP contribution is -2.17. The van der Waals surface area contributed by atoms with E-state index in [1.807, 2.05) is 25.1 Å². The third kappa shape index (κ3) is 3.67. The minimum atomic E-state index is -0.206. The van der Waals surface area contributed by atoms with Gasteiger partial charge in [0.2, 0.25) is 0 Å². The number of nitrogens with zero attached hydrogens (tertiary/aromatic N) is 2. The summed E-state index contributed by atoms with van der Waals surface area (Å²) in [6.45, 7) is 6.24. The molecule has 0 aliphatic heterocycles. The summed E-state index contributed by atoms with van der Waals surface area (Å²) >= 11 is 0. The van der Waals surface area contributed by atoms with Gasteiger partial charge < -0.3 is 10.6 Å². The molecule has 1 aliphatic rings. The smallest absolute Gasteiger partial charge is 0.274 e. The Morgan fingerprint density at radius 1 is 1.26 bits per heavy atom. The van der Waals surface area contributed by atoms with Gasteiger partial charge in [0.25, 0.3) is 5.91 Å². The summed E-state index contributed by atoms with van der Waals surface area (Å²) in [6, 6.07) is 8.27. The maximum absolute atomic E-state index is 12.6. The van der Waals surface area contributed by atoms with Crippen LogP contribution in [0.1, 0.15) is 54.2 Å². The fraction of sp³-hybridized carbons (Fsp3) is 0.389. The van der Waals surface area contributed by atoms with E-state index in [1.54, 1.807) is 6.07 Å². The Bertz CT molecular complexity index is 723. The Morgan fingerprint density at radius 3 is 2.74 bits per heavy atom. The van der Waals surface area contributed by atoms with E-state index in [1.165, 1.54) is 6.33 Å². The van der Waals surface area contributed by atoms with Crippen LogP contribution in [0.25, 0.3) is 0 Å². The summed E-state index contributed by atoms with van der Waals surface area (Å²) in [7, 11) is 0. The predicted molar refractivity (Wildman–Crippen MR) is 91.9 cm³/mol. The van der Waals surface area contributed by atoms with Crippen LogP contribution in [0.15, 0.2) is 30.6 Å². The number of carbonyl (C=O) groups is 1. The first-order valence-corrected chi connectivity index (χ1v) is 8.04. The van der Waals surface area contributed by atoms with Gasteiger partial charge in [-0.3, -0.25) is 4.79 Å². The van der Waals surface area contributed by atoms with E-state index < -0.39 is 0 Å². The van der Waals surface area contributed by atoms with Gasteiger partial charge in [0.05, 0.1) is 0 Å². The Kier molecular flexibility index (Phi) is 4.28. The van der Waals surface area contributed by atoms with Crippen LogP contribution in [0.3, 0.4) is 0 Å². The lowest BCUT2D eigenvalue weighted by atomic mass is 9.98. The number of amides is 1. The summed E-state index contributed by atoms with van der Waals surface area (Å²) in [4.78, 5) is 20.8. The minimum absolute atomic E-state index is 0.206. The second kappa shape index (κ2) is 6.36. The second-order valence-electron chi connectivity index (χ2n) is 6.36. The molecule has 1 aromatic carbocycles. The Labute approximate surface area is 136 Å². The van der Waals surface area contributed by atoms with Gasteiger partial charge in [0, 0.05) is 17.8 Å². The van der Waals surface area contributed by atoms with Crippen molar-refractivity contribution in [2.45, 2.75) is 45.6 Å². The van der Waals surface area contributed by atoms with E-state index in [4.69, 9.17) is 0 Å². The predicted octanol–water partition coefficient (Wildman–Crippen LogP) is 3.74. The zero-order valence-electron chi connectivity index (χ0n) is 13.8. The van der Waals surface area contributed by atoms with Crippen LogP contribution in [0.5, 0.6) is 0 Å². The molecule has 5 nitrogen and oxygen atoms in total. The average molecular weight is 310 g/mol. The molecule has 2 aromatic rings. The molecule has 1 heterocycles. The van der Waals surface area contributed by atoms with Crippen LogP contribution in [-0.2, 0) is 0 Å². The molecular weight excluding hydrogens is 288 g/mol. The molecule has 5 heteroatoms. The van der Waals surface area contributed by atoms with Gasteiger partial charge in [-0.05, 0) is 36.8 Å². The molecule has 1 aliphatic carbocycles. The number of rotatable bonds is 5. The van der Waals surface area contributed by atoms with Crippen molar-refractivity contribution in [2.75, 3.05) is 10.6 Å². The summed E-state index contributed by atoms with van der Waals surface area (Å²) in [6.07, 6.45) is 3.75. The van der Waals surface area contributed by atoms with Crippen LogP contribution in [-0.4, -0.2) is 21.9 Å². The molecule has 0 spiro atoms. The molecule has 1 fully saturated rings. The highest BCUT2D eigenvalue weighted by atomic mass is 16.1. The SMILES string of the molecule is Cc1cccc(C(C)C)c1NC(=O)c1cc(NC2CC2)ncn1. The molecule has 1 saturated carbocycles. The lowest BCUT2D eigenvalue weighted by molar-refractivity contribution is 0.102. The van der Waals surface area contributed by atoms with Gasteiger partial charge in [0.15, 0.2) is 0 Å². The minimum Gasteiger partial charge on any atom is -0.367 e. The van der Waals surface area contributed by atoms with Crippen molar-refractivity contribution in [1.29, 1.82) is 0 Å². The topological polar surface area (TPSA) is 66.9 Å². The van der Waals surface area contributed by atoms with E-state index in [0.717, 1.165) is 29.7 Å². The van der Waals surface area contributed by atoms with Crippen LogP contribution in [0.4, 0.5) is 11.5 Å². The normalized spacial score (nSPS) is 13.9. The fourth-order valence-corrected chi connectivity index (χ4v) is 2.52. The second-order valence-corrected chi connectivity index (χ2v) is 6.36. The van der Waals surface area contributed by atoms with Crippen molar-refractivity contribution in [1.82, 2.24) is 9.97 Å². The first-order chi connectivity index (χ1) is 11.0. The summed E-state index contributed by atoms with van der Waals surface area (Å²) in [5.74, 6) is 0.839. The number of nitrogens with one attached hydrogen (secondary N) is 2. The van der Waals surface area contributed by atoms with Crippen molar-refractivity contribution >= 4 is 17.4 Å². The van der Waals surface area contributed by atoms with Gasteiger partial charge >= 0.3 is 0 Å². The van der Waals surface area contributed by atoms with Gasteiger partial charge in [-0.1, -0.05) is 32.0 Å². The number of anilines is 2. The highest BCUT2D eigenvalue weighted by molar-refractivity contribution is 6.04. The highest BCUT2D eigenvalue weighted by Crippen LogP contribution is 2.28. The zero-order chi connectivity index (χ0) is 16.4. The Morgan fingerprint density at radius 2 is 2.04 bits per heavy atom. The van der Waals surface area contributed by atoms with Crippen LogP contribution in [0.2, 0.25) is 0 Å². The number of hydrogen-bond donors (Lipinski definition) is 2. The summed E-state index contributed by atoms with van der Waals surface area (Å²) < 4.78 is 0. The van der Waals surface area contributed by atoms with Crippen molar-refractivity contribution < 1.29 is 4.79 Å². The number of hydrogen-bond acceptors (Lipinski definition) is 4. The van der Waals surface area contributed by atoms with Gasteiger partial charge in [-0.2, -0.15) is 0 Å². The molecule has 0 bridgehead atoms. The number of aryl methyl sites for hydroxylation is 1. The first kappa shape index (κ1) is 15.5. The highest BCUT2D eigenvalue weighted by Gasteiger charge is 2.22. The largest absolute Gasteiger partial charge is 0.367 e. The third-order valence-electron chi connectivity index (χ3n) is 3.99. The molecular formula is C18H22N4O. The van der Waals surface area contributed by atoms with E-state index in [-0.39, 0.29) is 5.91 Å². The maximum atomic E-state index is 12.6. The van der Waals surface area contributed by atoms with Crippen molar-refractivity contribution in [3.8, 4) is 0 Å². The monoisotopic (exact) mass is 310 g/mol. The van der Waals surface area contributed by atoms with Crippen molar-refractivity contribution in [3.05, 3.63) is 47.4 Å². The molecule has 1 amide bonds. The molecule has 2 N–H and O–H groups in total. The average Bonchev–Trinajstić information content (AvgIpc) is 3.33. The molecule has 0 atom stereocenters. The maximum Gasteiger partial charge on any atom is 0.274 e. The van der Waals surface area contributed by atoms with Crippen molar-refractivity contribution in [2.24, 2.45) is 0 Å². The third-order valence-corrected chi connectivity index (χ3v) is 3.99. The molecule has 1 aromatic heterocycles. The van der Waals surface area contributed by atoms with E-state index in [2.05, 4.69) is 34.4 Å². The van der Waals surface area contributed by atoms with E-state index >= 15 is 0 Å². The number of aromatic nitrogens is 2. The molecule has 3 rings (SSSR count). The number of para-hydroxylation sites is 1. The lowest BCUT2D eigenvalue weighted by Gasteiger charge is -2.16. The van der Waals surface area contributed by atoms with E-state index in [0.29, 0.717) is 23.5 Å². The van der Waals surface area contributed by atoms with Crippen molar-refractivity contribution in [3.63, 3.8) is 0 Å². The van der Waals surface area contributed by atoms with Gasteiger partial charge in [-0.15, -0.1) is 0 Å². The number of carbonyl (C=O) groups excluding carboxylic acids is 1. The van der Waals surface area contributed by atoms with E-state index in [9.17, 15) is 4.79 Å². The van der Waals surface area contributed by atoms with Gasteiger partial charge in [-0.25, -0.2) is 9.97 Å². The summed E-state index contributed by atoms with van der Waals surface area (Å²) in [5.41, 5.74) is 3.43. The number of benzene rings is 1. The first-order valence-electron chi connectivity index (χ1n) is 8.04. The molecule has 0 saturated heterocycles.